The molecule has 1 atom stereocenters. The van der Waals surface area contributed by atoms with Crippen molar-refractivity contribution >= 4 is 5.78 Å². The Morgan fingerprint density at radius 3 is 2.38 bits per heavy atom. The number of ether oxygens (including phenoxy) is 1. The van der Waals surface area contributed by atoms with Crippen LogP contribution < -0.4 is 4.74 Å². The summed E-state index contributed by atoms with van der Waals surface area (Å²) in [6, 6.07) is 17.3. The van der Waals surface area contributed by atoms with Crippen LogP contribution in [0.2, 0.25) is 0 Å². The molecule has 0 heterocycles. The van der Waals surface area contributed by atoms with E-state index in [4.69, 9.17) is 4.74 Å². The van der Waals surface area contributed by atoms with E-state index in [2.05, 4.69) is 32.6 Å². The van der Waals surface area contributed by atoms with Gasteiger partial charge in [0.1, 0.15) is 18.5 Å². The Labute approximate surface area is 175 Å². The number of benzene rings is 2. The molecule has 0 aliphatic rings. The predicted octanol–water partition coefficient (Wildman–Crippen LogP) is 4.75. The van der Waals surface area contributed by atoms with Gasteiger partial charge in [0.2, 0.25) is 0 Å². The molecule has 1 unspecified atom stereocenters. The van der Waals surface area contributed by atoms with Gasteiger partial charge < -0.3 is 9.84 Å². The van der Waals surface area contributed by atoms with Crippen LogP contribution in [0.15, 0.2) is 54.6 Å². The first-order chi connectivity index (χ1) is 13.8. The largest absolute Gasteiger partial charge is 0.490 e. The second-order valence-corrected chi connectivity index (χ2v) is 8.49. The number of ketones is 1. The zero-order chi connectivity index (χ0) is 21.3. The van der Waals surface area contributed by atoms with Gasteiger partial charge in [-0.1, -0.05) is 49.4 Å². The molecule has 2 rings (SSSR count). The minimum absolute atomic E-state index is 0.0116. The van der Waals surface area contributed by atoms with Crippen LogP contribution in [-0.4, -0.2) is 47.1 Å². The van der Waals surface area contributed by atoms with Gasteiger partial charge in [0.25, 0.3) is 0 Å². The predicted molar refractivity (Wildman–Crippen MR) is 119 cm³/mol. The van der Waals surface area contributed by atoms with Crippen LogP contribution in [0.5, 0.6) is 5.75 Å². The zero-order valence-corrected chi connectivity index (χ0v) is 18.2. The van der Waals surface area contributed by atoms with E-state index in [1.807, 2.05) is 42.5 Å². The number of nitrogens with zero attached hydrogens (tertiary/aromatic N) is 1. The van der Waals surface area contributed by atoms with E-state index < -0.39 is 6.10 Å². The quantitative estimate of drug-likeness (QED) is 0.556. The minimum atomic E-state index is -0.617. The lowest BCUT2D eigenvalue weighted by Crippen LogP contribution is -2.47. The number of hydrogen-bond donors (Lipinski definition) is 1. The molecule has 4 nitrogen and oxygen atoms in total. The Hall–Kier alpha value is -2.17. The second-order valence-electron chi connectivity index (χ2n) is 8.49. The van der Waals surface area contributed by atoms with Crippen molar-refractivity contribution in [3.63, 3.8) is 0 Å². The summed E-state index contributed by atoms with van der Waals surface area (Å²) in [5.74, 6) is 0.601. The zero-order valence-electron chi connectivity index (χ0n) is 18.2. The maximum absolute atomic E-state index is 12.7. The summed E-state index contributed by atoms with van der Waals surface area (Å²) in [4.78, 5) is 15.0. The first-order valence-electron chi connectivity index (χ1n) is 10.5. The number of carbonyl (C=O) groups is 1. The summed E-state index contributed by atoms with van der Waals surface area (Å²) in [7, 11) is 0. The van der Waals surface area contributed by atoms with Crippen LogP contribution in [-0.2, 0) is 6.42 Å². The fourth-order valence-corrected chi connectivity index (χ4v) is 3.32. The molecule has 158 valence electrons. The fraction of sp³-hybridized carbons (Fsp3) is 0.480. The van der Waals surface area contributed by atoms with Crippen molar-refractivity contribution < 1.29 is 14.6 Å². The highest BCUT2D eigenvalue weighted by molar-refractivity contribution is 5.98. The van der Waals surface area contributed by atoms with Gasteiger partial charge in [-0.05, 0) is 57.9 Å². The Balaban J connectivity index is 1.95. The van der Waals surface area contributed by atoms with Crippen molar-refractivity contribution in [3.05, 3.63) is 65.7 Å². The summed E-state index contributed by atoms with van der Waals surface area (Å²) in [6.07, 6.45) is 1.55. The topological polar surface area (TPSA) is 49.8 Å². The number of hydrogen-bond acceptors (Lipinski definition) is 4. The molecular weight excluding hydrogens is 362 g/mol. The van der Waals surface area contributed by atoms with Crippen molar-refractivity contribution in [1.29, 1.82) is 0 Å². The van der Waals surface area contributed by atoms with Gasteiger partial charge in [-0.15, -0.1) is 0 Å². The molecule has 2 aromatic carbocycles. The molecular formula is C25H35NO3. The van der Waals surface area contributed by atoms with Crippen molar-refractivity contribution in [3.8, 4) is 5.75 Å². The van der Waals surface area contributed by atoms with Crippen LogP contribution in [0.3, 0.4) is 0 Å². The minimum Gasteiger partial charge on any atom is -0.490 e. The third-order valence-corrected chi connectivity index (χ3v) is 4.98. The molecule has 0 amide bonds. The average molecular weight is 398 g/mol. The van der Waals surface area contributed by atoms with Gasteiger partial charge in [0, 0.05) is 18.5 Å². The second kappa shape index (κ2) is 11.1. The molecule has 0 saturated heterocycles. The van der Waals surface area contributed by atoms with E-state index in [1.54, 1.807) is 12.1 Å². The smallest absolute Gasteiger partial charge is 0.166 e. The number of para-hydroxylation sites is 1. The summed E-state index contributed by atoms with van der Waals surface area (Å²) in [5, 5.41) is 10.5. The van der Waals surface area contributed by atoms with Crippen LogP contribution in [0.4, 0.5) is 0 Å². The van der Waals surface area contributed by atoms with Gasteiger partial charge in [-0.2, -0.15) is 0 Å². The third kappa shape index (κ3) is 7.64. The standard InChI is InChI=1S/C25H35NO3/c1-5-17-26(25(2,3)4)18-21(27)19-29-24-14-10-9-13-22(24)23(28)16-15-20-11-7-6-8-12-20/h6-14,21,27H,5,15-19H2,1-4H3. The van der Waals surface area contributed by atoms with Gasteiger partial charge in [0.15, 0.2) is 5.78 Å². The number of aliphatic hydroxyl groups is 1. The van der Waals surface area contributed by atoms with Crippen molar-refractivity contribution in [2.45, 2.75) is 58.6 Å². The molecule has 0 bridgehead atoms. The Morgan fingerprint density at radius 1 is 1.07 bits per heavy atom. The molecule has 0 aromatic heterocycles. The Kier molecular flexibility index (Phi) is 8.87. The van der Waals surface area contributed by atoms with E-state index in [9.17, 15) is 9.90 Å². The maximum atomic E-state index is 12.7. The monoisotopic (exact) mass is 397 g/mol. The van der Waals surface area contributed by atoms with Crippen LogP contribution in [0.25, 0.3) is 0 Å². The Bertz CT molecular complexity index is 752. The summed E-state index contributed by atoms with van der Waals surface area (Å²) in [6.45, 7) is 10.2. The van der Waals surface area contributed by atoms with E-state index >= 15 is 0 Å². The lowest BCUT2D eigenvalue weighted by molar-refractivity contribution is 0.0328. The first-order valence-corrected chi connectivity index (χ1v) is 10.5. The van der Waals surface area contributed by atoms with Gasteiger partial charge in [-0.3, -0.25) is 9.69 Å². The number of rotatable bonds is 11. The number of β-amino-alcohol motifs (C(OH)–C–C–N with tert-alkyl or cyclic N) is 1. The van der Waals surface area contributed by atoms with E-state index in [1.165, 1.54) is 0 Å². The van der Waals surface area contributed by atoms with Crippen LogP contribution in [0, 0.1) is 0 Å². The SMILES string of the molecule is CCCN(CC(O)COc1ccccc1C(=O)CCc1ccccc1)C(C)(C)C. The summed E-state index contributed by atoms with van der Waals surface area (Å²) < 4.78 is 5.87. The average Bonchev–Trinajstić information content (AvgIpc) is 2.70. The summed E-state index contributed by atoms with van der Waals surface area (Å²) >= 11 is 0. The van der Waals surface area contributed by atoms with Crippen molar-refractivity contribution in [2.75, 3.05) is 19.7 Å². The molecule has 1 N–H and O–H groups in total. The van der Waals surface area contributed by atoms with Gasteiger partial charge in [-0.25, -0.2) is 0 Å². The molecule has 29 heavy (non-hydrogen) atoms. The lowest BCUT2D eigenvalue weighted by atomic mass is 10.0. The lowest BCUT2D eigenvalue weighted by Gasteiger charge is -2.36. The number of Topliss-reactive ketones (excluding diaryl/α,β-unsaturated/α-hetero) is 1. The molecule has 0 fully saturated rings. The van der Waals surface area contributed by atoms with Crippen molar-refractivity contribution in [2.24, 2.45) is 0 Å². The highest BCUT2D eigenvalue weighted by atomic mass is 16.5. The normalized spacial score (nSPS) is 12.8. The van der Waals surface area contributed by atoms with Gasteiger partial charge >= 0.3 is 0 Å². The molecule has 0 aliphatic heterocycles. The third-order valence-electron chi connectivity index (χ3n) is 4.98. The molecule has 4 heteroatoms. The van der Waals surface area contributed by atoms with Gasteiger partial charge in [0.05, 0.1) is 5.56 Å². The molecule has 0 aliphatic carbocycles. The van der Waals surface area contributed by atoms with Crippen LogP contribution in [0.1, 0.15) is 56.5 Å². The van der Waals surface area contributed by atoms with E-state index in [0.717, 1.165) is 18.5 Å². The molecule has 0 spiro atoms. The van der Waals surface area contributed by atoms with E-state index in [0.29, 0.717) is 30.7 Å². The fourth-order valence-electron chi connectivity index (χ4n) is 3.32. The highest BCUT2D eigenvalue weighted by Crippen LogP contribution is 2.21. The number of aliphatic hydroxyl groups excluding tert-OH is 1. The molecule has 2 aromatic rings. The van der Waals surface area contributed by atoms with Crippen LogP contribution >= 0.6 is 0 Å². The molecule has 0 saturated carbocycles. The van der Waals surface area contributed by atoms with Crippen molar-refractivity contribution in [1.82, 2.24) is 4.90 Å². The summed E-state index contributed by atoms with van der Waals surface area (Å²) in [5.41, 5.74) is 1.72. The highest BCUT2D eigenvalue weighted by Gasteiger charge is 2.23. The first kappa shape index (κ1) is 23.1. The van der Waals surface area contributed by atoms with E-state index in [-0.39, 0.29) is 17.9 Å². The number of carbonyl (C=O) groups excluding carboxylic acids is 1. The maximum Gasteiger partial charge on any atom is 0.166 e. The number of aryl methyl sites for hydroxylation is 1. The molecule has 0 radical (unpaired) electrons. The Morgan fingerprint density at radius 2 is 1.72 bits per heavy atom.